The van der Waals surface area contributed by atoms with Crippen molar-refractivity contribution >= 4 is 0 Å². The highest BCUT2D eigenvalue weighted by Gasteiger charge is 2.27. The molecule has 2 nitrogen and oxygen atoms in total. The second-order valence-corrected chi connectivity index (χ2v) is 6.00. The van der Waals surface area contributed by atoms with E-state index < -0.39 is 0 Å². The van der Waals surface area contributed by atoms with Crippen LogP contribution in [0.5, 0.6) is 0 Å². The maximum absolute atomic E-state index is 5.67. The lowest BCUT2D eigenvalue weighted by Crippen LogP contribution is -2.17. The summed E-state index contributed by atoms with van der Waals surface area (Å²) in [6.45, 7) is 6.07. The monoisotopic (exact) mass is 260 g/mol. The van der Waals surface area contributed by atoms with Crippen LogP contribution in [-0.4, -0.2) is 13.2 Å². The van der Waals surface area contributed by atoms with Crippen LogP contribution < -0.4 is 0 Å². The van der Waals surface area contributed by atoms with Gasteiger partial charge < -0.3 is 9.47 Å². The third-order valence-electron chi connectivity index (χ3n) is 4.80. The molecule has 1 aliphatic carbocycles. The SMILES string of the molecule is Cc1c(C2OCCO2)cccc1C1CCCCC1C. The van der Waals surface area contributed by atoms with Crippen LogP contribution in [0.25, 0.3) is 0 Å². The summed E-state index contributed by atoms with van der Waals surface area (Å²) in [5, 5.41) is 0. The zero-order chi connectivity index (χ0) is 13.2. The van der Waals surface area contributed by atoms with Crippen molar-refractivity contribution in [3.63, 3.8) is 0 Å². The zero-order valence-corrected chi connectivity index (χ0v) is 12.0. The minimum absolute atomic E-state index is 0.140. The molecule has 1 saturated carbocycles. The molecule has 0 spiro atoms. The molecular formula is C17H24O2. The molecule has 2 unspecified atom stereocenters. The molecule has 0 radical (unpaired) electrons. The first-order valence-electron chi connectivity index (χ1n) is 7.60. The molecule has 0 aromatic heterocycles. The van der Waals surface area contributed by atoms with Gasteiger partial charge in [-0.05, 0) is 36.3 Å². The zero-order valence-electron chi connectivity index (χ0n) is 12.0. The van der Waals surface area contributed by atoms with E-state index in [1.54, 1.807) is 0 Å². The van der Waals surface area contributed by atoms with Gasteiger partial charge in [-0.3, -0.25) is 0 Å². The third kappa shape index (κ3) is 2.56. The second-order valence-electron chi connectivity index (χ2n) is 6.00. The molecular weight excluding hydrogens is 236 g/mol. The van der Waals surface area contributed by atoms with Gasteiger partial charge in [-0.1, -0.05) is 44.4 Å². The molecule has 1 saturated heterocycles. The van der Waals surface area contributed by atoms with E-state index in [9.17, 15) is 0 Å². The first-order chi connectivity index (χ1) is 9.27. The summed E-state index contributed by atoms with van der Waals surface area (Å²) in [4.78, 5) is 0. The summed E-state index contributed by atoms with van der Waals surface area (Å²) < 4.78 is 11.3. The molecule has 2 fully saturated rings. The lowest BCUT2D eigenvalue weighted by atomic mass is 9.75. The fourth-order valence-electron chi connectivity index (χ4n) is 3.65. The quantitative estimate of drug-likeness (QED) is 0.787. The largest absolute Gasteiger partial charge is 0.346 e. The molecule has 19 heavy (non-hydrogen) atoms. The van der Waals surface area contributed by atoms with Crippen molar-refractivity contribution in [3.8, 4) is 0 Å². The van der Waals surface area contributed by atoms with Crippen molar-refractivity contribution in [2.75, 3.05) is 13.2 Å². The molecule has 0 N–H and O–H groups in total. The molecule has 1 aromatic carbocycles. The fourth-order valence-corrected chi connectivity index (χ4v) is 3.65. The first kappa shape index (κ1) is 13.1. The van der Waals surface area contributed by atoms with E-state index >= 15 is 0 Å². The van der Waals surface area contributed by atoms with Crippen LogP contribution in [0.3, 0.4) is 0 Å². The van der Waals surface area contributed by atoms with E-state index in [4.69, 9.17) is 9.47 Å². The van der Waals surface area contributed by atoms with Crippen LogP contribution in [-0.2, 0) is 9.47 Å². The second kappa shape index (κ2) is 5.64. The van der Waals surface area contributed by atoms with Crippen molar-refractivity contribution in [1.82, 2.24) is 0 Å². The van der Waals surface area contributed by atoms with Gasteiger partial charge in [0, 0.05) is 5.56 Å². The number of hydrogen-bond donors (Lipinski definition) is 0. The Morgan fingerprint density at radius 3 is 2.42 bits per heavy atom. The van der Waals surface area contributed by atoms with Gasteiger partial charge in [-0.25, -0.2) is 0 Å². The smallest absolute Gasteiger partial charge is 0.184 e. The lowest BCUT2D eigenvalue weighted by molar-refractivity contribution is -0.0446. The molecule has 2 heteroatoms. The van der Waals surface area contributed by atoms with Crippen molar-refractivity contribution in [1.29, 1.82) is 0 Å². The van der Waals surface area contributed by atoms with Gasteiger partial charge in [0.1, 0.15) is 0 Å². The Balaban J connectivity index is 1.90. The Labute approximate surface area is 116 Å². The van der Waals surface area contributed by atoms with E-state index in [0.717, 1.165) is 11.8 Å². The molecule has 1 aliphatic heterocycles. The number of ether oxygens (including phenoxy) is 2. The van der Waals surface area contributed by atoms with Crippen LogP contribution in [0.15, 0.2) is 18.2 Å². The first-order valence-corrected chi connectivity index (χ1v) is 7.60. The van der Waals surface area contributed by atoms with Crippen LogP contribution in [0.2, 0.25) is 0 Å². The minimum Gasteiger partial charge on any atom is -0.346 e. The van der Waals surface area contributed by atoms with Crippen molar-refractivity contribution in [2.24, 2.45) is 5.92 Å². The average molecular weight is 260 g/mol. The van der Waals surface area contributed by atoms with Crippen LogP contribution in [0.1, 0.15) is 61.5 Å². The van der Waals surface area contributed by atoms with Crippen molar-refractivity contribution in [3.05, 3.63) is 34.9 Å². The summed E-state index contributed by atoms with van der Waals surface area (Å²) in [5.74, 6) is 1.52. The Bertz CT molecular complexity index is 435. The molecule has 0 bridgehead atoms. The highest BCUT2D eigenvalue weighted by atomic mass is 16.7. The van der Waals surface area contributed by atoms with Crippen LogP contribution in [0, 0.1) is 12.8 Å². The van der Waals surface area contributed by atoms with Gasteiger partial charge in [-0.15, -0.1) is 0 Å². The van der Waals surface area contributed by atoms with Gasteiger partial charge in [-0.2, -0.15) is 0 Å². The summed E-state index contributed by atoms with van der Waals surface area (Å²) in [6, 6.07) is 6.63. The van der Waals surface area contributed by atoms with E-state index in [1.165, 1.54) is 42.4 Å². The van der Waals surface area contributed by atoms with E-state index in [-0.39, 0.29) is 6.29 Å². The van der Waals surface area contributed by atoms with Gasteiger partial charge >= 0.3 is 0 Å². The minimum atomic E-state index is -0.140. The Morgan fingerprint density at radius 2 is 1.68 bits per heavy atom. The number of hydrogen-bond acceptors (Lipinski definition) is 2. The highest BCUT2D eigenvalue weighted by molar-refractivity contribution is 5.38. The molecule has 3 rings (SSSR count). The lowest BCUT2D eigenvalue weighted by Gasteiger charge is -2.31. The third-order valence-corrected chi connectivity index (χ3v) is 4.80. The van der Waals surface area contributed by atoms with E-state index in [0.29, 0.717) is 13.2 Å². The molecule has 0 amide bonds. The van der Waals surface area contributed by atoms with Gasteiger partial charge in [0.2, 0.25) is 0 Å². The predicted octanol–water partition coefficient (Wildman–Crippen LogP) is 4.33. The number of benzene rings is 1. The fraction of sp³-hybridized carbons (Fsp3) is 0.647. The Hall–Kier alpha value is -0.860. The standard InChI is InChI=1S/C17H24O2/c1-12-6-3-4-7-14(12)15-8-5-9-16(13(15)2)17-18-10-11-19-17/h5,8-9,12,14,17H,3-4,6-7,10-11H2,1-2H3. The average Bonchev–Trinajstić information content (AvgIpc) is 2.94. The molecule has 104 valence electrons. The summed E-state index contributed by atoms with van der Waals surface area (Å²) >= 11 is 0. The molecule has 2 aliphatic rings. The van der Waals surface area contributed by atoms with Crippen molar-refractivity contribution < 1.29 is 9.47 Å². The summed E-state index contributed by atoms with van der Waals surface area (Å²) in [5.41, 5.74) is 4.13. The highest BCUT2D eigenvalue weighted by Crippen LogP contribution is 2.40. The van der Waals surface area contributed by atoms with Crippen molar-refractivity contribution in [2.45, 2.75) is 51.7 Å². The van der Waals surface area contributed by atoms with Crippen LogP contribution in [0.4, 0.5) is 0 Å². The summed E-state index contributed by atoms with van der Waals surface area (Å²) in [7, 11) is 0. The normalized spacial score (nSPS) is 28.7. The van der Waals surface area contributed by atoms with Gasteiger partial charge in [0.15, 0.2) is 6.29 Å². The molecule has 1 heterocycles. The number of rotatable bonds is 2. The maximum atomic E-state index is 5.67. The summed E-state index contributed by atoms with van der Waals surface area (Å²) in [6.07, 6.45) is 5.32. The van der Waals surface area contributed by atoms with Crippen LogP contribution >= 0.6 is 0 Å². The molecule has 2 atom stereocenters. The van der Waals surface area contributed by atoms with E-state index in [2.05, 4.69) is 32.0 Å². The Morgan fingerprint density at radius 1 is 1.00 bits per heavy atom. The Kier molecular flexibility index (Phi) is 3.90. The topological polar surface area (TPSA) is 18.5 Å². The predicted molar refractivity (Wildman–Crippen MR) is 76.2 cm³/mol. The maximum Gasteiger partial charge on any atom is 0.184 e. The molecule has 1 aromatic rings. The van der Waals surface area contributed by atoms with Gasteiger partial charge in [0.05, 0.1) is 13.2 Å². The van der Waals surface area contributed by atoms with Gasteiger partial charge in [0.25, 0.3) is 0 Å². The van der Waals surface area contributed by atoms with E-state index in [1.807, 2.05) is 0 Å².